The maximum Gasteiger partial charge on any atom is 0.350 e. The molecule has 164 valence electrons. The fourth-order valence-corrected chi connectivity index (χ4v) is 4.96. The number of carbonyl (C=O) groups excluding carboxylic acids is 2. The van der Waals surface area contributed by atoms with Crippen molar-refractivity contribution in [2.75, 3.05) is 11.9 Å². The molecule has 8 nitrogen and oxygen atoms in total. The standard InChI is InChI=1S/C19H24BrN3O5S2/c1-5-11(3)15(23-30(26,27)14-9-7-13(20)8-10-14)17(24)22-19-21-12(4)16(29-19)18(25)28-6-2/h7-11,15,23H,5-6H2,1-4H3,(H,21,22,24). The van der Waals surface area contributed by atoms with E-state index < -0.39 is 27.9 Å². The first-order chi connectivity index (χ1) is 14.1. The number of halogens is 1. The summed E-state index contributed by atoms with van der Waals surface area (Å²) in [5.41, 5.74) is 0.435. The predicted octanol–water partition coefficient (Wildman–Crippen LogP) is 3.72. The number of aryl methyl sites for hydroxylation is 1. The Labute approximate surface area is 188 Å². The number of sulfonamides is 1. The third-order valence-corrected chi connectivity index (χ3v) is 7.43. The molecule has 1 aromatic carbocycles. The number of nitrogens with zero attached hydrogens (tertiary/aromatic N) is 1. The highest BCUT2D eigenvalue weighted by Gasteiger charge is 2.30. The monoisotopic (exact) mass is 517 g/mol. The topological polar surface area (TPSA) is 114 Å². The van der Waals surface area contributed by atoms with Crippen LogP contribution in [0.5, 0.6) is 0 Å². The number of hydrogen-bond donors (Lipinski definition) is 2. The molecular formula is C19H24BrN3O5S2. The molecule has 2 N–H and O–H groups in total. The van der Waals surface area contributed by atoms with Crippen molar-refractivity contribution < 1.29 is 22.7 Å². The maximum atomic E-state index is 12.9. The highest BCUT2D eigenvalue weighted by Crippen LogP contribution is 2.24. The van der Waals surface area contributed by atoms with E-state index >= 15 is 0 Å². The molecule has 0 spiro atoms. The van der Waals surface area contributed by atoms with Crippen LogP contribution in [0, 0.1) is 12.8 Å². The highest BCUT2D eigenvalue weighted by molar-refractivity contribution is 9.10. The molecule has 1 aromatic heterocycles. The van der Waals surface area contributed by atoms with Crippen molar-refractivity contribution in [2.45, 2.75) is 45.1 Å². The minimum absolute atomic E-state index is 0.0569. The summed E-state index contributed by atoms with van der Waals surface area (Å²) in [4.78, 5) is 29.4. The Balaban J connectivity index is 2.23. The lowest BCUT2D eigenvalue weighted by Gasteiger charge is -2.23. The summed E-state index contributed by atoms with van der Waals surface area (Å²) in [6.07, 6.45) is 0.575. The van der Waals surface area contributed by atoms with Crippen LogP contribution >= 0.6 is 27.3 Å². The number of thiazole rings is 1. The van der Waals surface area contributed by atoms with E-state index in [-0.39, 0.29) is 22.6 Å². The van der Waals surface area contributed by atoms with Gasteiger partial charge in [0.25, 0.3) is 0 Å². The summed E-state index contributed by atoms with van der Waals surface area (Å²) < 4.78 is 33.8. The van der Waals surface area contributed by atoms with Crippen molar-refractivity contribution in [1.82, 2.24) is 9.71 Å². The van der Waals surface area contributed by atoms with E-state index in [9.17, 15) is 18.0 Å². The largest absolute Gasteiger partial charge is 0.462 e. The lowest BCUT2D eigenvalue weighted by molar-refractivity contribution is -0.118. The second-order valence-electron chi connectivity index (χ2n) is 6.58. The van der Waals surface area contributed by atoms with Crippen LogP contribution in [0.4, 0.5) is 5.13 Å². The molecule has 0 radical (unpaired) electrons. The van der Waals surface area contributed by atoms with Crippen LogP contribution in [-0.4, -0.2) is 37.9 Å². The predicted molar refractivity (Wildman–Crippen MR) is 119 cm³/mol. The van der Waals surface area contributed by atoms with Crippen LogP contribution in [0.2, 0.25) is 0 Å². The van der Waals surface area contributed by atoms with Gasteiger partial charge in [-0.1, -0.05) is 47.5 Å². The van der Waals surface area contributed by atoms with Gasteiger partial charge in [-0.05, 0) is 44.0 Å². The van der Waals surface area contributed by atoms with Crippen molar-refractivity contribution in [3.8, 4) is 0 Å². The fraction of sp³-hybridized carbons (Fsp3) is 0.421. The second-order valence-corrected chi connectivity index (χ2v) is 10.2. The molecule has 0 saturated carbocycles. The van der Waals surface area contributed by atoms with Gasteiger partial charge in [0.05, 0.1) is 17.2 Å². The van der Waals surface area contributed by atoms with Crippen molar-refractivity contribution in [3.05, 3.63) is 39.3 Å². The average Bonchev–Trinajstić information content (AvgIpc) is 3.06. The number of aromatic nitrogens is 1. The van der Waals surface area contributed by atoms with Crippen LogP contribution in [0.3, 0.4) is 0 Å². The van der Waals surface area contributed by atoms with Gasteiger partial charge in [-0.25, -0.2) is 18.2 Å². The molecule has 0 fully saturated rings. The number of ether oxygens (including phenoxy) is 1. The summed E-state index contributed by atoms with van der Waals surface area (Å²) >= 11 is 4.26. The molecule has 2 aromatic rings. The second kappa shape index (κ2) is 10.5. The number of benzene rings is 1. The van der Waals surface area contributed by atoms with Crippen molar-refractivity contribution in [2.24, 2.45) is 5.92 Å². The molecule has 2 atom stereocenters. The highest BCUT2D eigenvalue weighted by atomic mass is 79.9. The number of anilines is 1. The molecule has 0 saturated heterocycles. The number of rotatable bonds is 9. The molecule has 2 unspecified atom stereocenters. The Morgan fingerprint density at radius 2 is 1.87 bits per heavy atom. The van der Waals surface area contributed by atoms with Crippen LogP contribution in [0.1, 0.15) is 42.6 Å². The van der Waals surface area contributed by atoms with Gasteiger partial charge in [-0.15, -0.1) is 0 Å². The third-order valence-electron chi connectivity index (χ3n) is 4.39. The van der Waals surface area contributed by atoms with E-state index in [0.29, 0.717) is 17.0 Å². The van der Waals surface area contributed by atoms with Crippen molar-refractivity contribution >= 4 is 54.3 Å². The lowest BCUT2D eigenvalue weighted by atomic mass is 9.99. The van der Waals surface area contributed by atoms with Gasteiger partial charge in [0.2, 0.25) is 15.9 Å². The summed E-state index contributed by atoms with van der Waals surface area (Å²) in [6, 6.07) is 5.12. The molecule has 11 heteroatoms. The van der Waals surface area contributed by atoms with E-state index in [2.05, 4.69) is 31.0 Å². The van der Waals surface area contributed by atoms with E-state index in [1.54, 1.807) is 32.9 Å². The first kappa shape index (κ1) is 24.4. The first-order valence-corrected chi connectivity index (χ1v) is 12.4. The van der Waals surface area contributed by atoms with Gasteiger partial charge in [0.15, 0.2) is 5.13 Å². The van der Waals surface area contributed by atoms with Crippen LogP contribution in [-0.2, 0) is 19.6 Å². The van der Waals surface area contributed by atoms with Gasteiger partial charge in [-0.2, -0.15) is 4.72 Å². The molecule has 1 amide bonds. The summed E-state index contributed by atoms with van der Waals surface area (Å²) in [5.74, 6) is -1.34. The Hall–Kier alpha value is -1.82. The zero-order valence-corrected chi connectivity index (χ0v) is 20.3. The molecule has 30 heavy (non-hydrogen) atoms. The molecule has 0 aliphatic rings. The number of hydrogen-bond acceptors (Lipinski definition) is 7. The van der Waals surface area contributed by atoms with Crippen molar-refractivity contribution in [1.29, 1.82) is 0 Å². The Morgan fingerprint density at radius 3 is 2.43 bits per heavy atom. The molecule has 0 bridgehead atoms. The Kier molecular flexibility index (Phi) is 8.53. The maximum absolute atomic E-state index is 12.9. The molecule has 2 rings (SSSR count). The van der Waals surface area contributed by atoms with Gasteiger partial charge in [-0.3, -0.25) is 4.79 Å². The molecule has 0 aliphatic carbocycles. The van der Waals surface area contributed by atoms with Crippen LogP contribution < -0.4 is 10.0 Å². The first-order valence-electron chi connectivity index (χ1n) is 9.32. The van der Waals surface area contributed by atoms with Gasteiger partial charge >= 0.3 is 5.97 Å². The van der Waals surface area contributed by atoms with Crippen molar-refractivity contribution in [3.63, 3.8) is 0 Å². The lowest BCUT2D eigenvalue weighted by Crippen LogP contribution is -2.47. The zero-order valence-electron chi connectivity index (χ0n) is 17.1. The molecular weight excluding hydrogens is 494 g/mol. The van der Waals surface area contributed by atoms with Crippen LogP contribution in [0.15, 0.2) is 33.6 Å². The molecule has 0 aliphatic heterocycles. The van der Waals surface area contributed by atoms with Gasteiger partial charge in [0.1, 0.15) is 10.9 Å². The van der Waals surface area contributed by atoms with E-state index in [1.165, 1.54) is 12.1 Å². The summed E-state index contributed by atoms with van der Waals surface area (Å²) in [7, 11) is -3.92. The quantitative estimate of drug-likeness (QED) is 0.489. The third kappa shape index (κ3) is 6.10. The number of carbonyl (C=O) groups is 2. The number of esters is 1. The number of amides is 1. The smallest absolute Gasteiger partial charge is 0.350 e. The normalized spacial score (nSPS) is 13.5. The van der Waals surface area contributed by atoms with Gasteiger partial charge < -0.3 is 10.1 Å². The SMILES string of the molecule is CCOC(=O)c1sc(NC(=O)C(NS(=O)(=O)c2ccc(Br)cc2)C(C)CC)nc1C. The Bertz CT molecular complexity index is 1010. The molecule has 1 heterocycles. The fourth-order valence-electron chi connectivity index (χ4n) is 2.53. The van der Waals surface area contributed by atoms with Crippen LogP contribution in [0.25, 0.3) is 0 Å². The summed E-state index contributed by atoms with van der Waals surface area (Å²) in [5, 5.41) is 2.83. The minimum atomic E-state index is -3.92. The van der Waals surface area contributed by atoms with E-state index in [0.717, 1.165) is 15.8 Å². The van der Waals surface area contributed by atoms with E-state index in [4.69, 9.17) is 4.74 Å². The zero-order chi connectivity index (χ0) is 22.5. The average molecular weight is 518 g/mol. The minimum Gasteiger partial charge on any atom is -0.462 e. The van der Waals surface area contributed by atoms with Gasteiger partial charge in [0, 0.05) is 4.47 Å². The van der Waals surface area contributed by atoms with E-state index in [1.807, 2.05) is 6.92 Å². The summed E-state index contributed by atoms with van der Waals surface area (Å²) in [6.45, 7) is 7.22. The number of nitrogens with one attached hydrogen (secondary N) is 2. The Morgan fingerprint density at radius 1 is 1.23 bits per heavy atom.